The van der Waals surface area contributed by atoms with Crippen molar-refractivity contribution in [2.75, 3.05) is 18.4 Å². The lowest BCUT2D eigenvalue weighted by atomic mass is 9.95. The number of benzene rings is 1. The van der Waals surface area contributed by atoms with Crippen molar-refractivity contribution >= 4 is 45.8 Å². The Labute approximate surface area is 150 Å². The molecule has 0 radical (unpaired) electrons. The standard InChI is InChI=1S/C16H20BrN3O2.ClH/c17-12-3-1-2-4-13(12)19-14(21)11-5-9-20(10-6-11)15(22)16(18)7-8-16;/h1-4,11H,5-10,18H2,(H,19,21);1H. The molecule has 1 saturated heterocycles. The average Bonchev–Trinajstić information content (AvgIpc) is 3.28. The molecule has 23 heavy (non-hydrogen) atoms. The quantitative estimate of drug-likeness (QED) is 0.816. The summed E-state index contributed by atoms with van der Waals surface area (Å²) in [6.45, 7) is 1.23. The number of para-hydroxylation sites is 1. The van der Waals surface area contributed by atoms with E-state index in [4.69, 9.17) is 5.73 Å². The number of anilines is 1. The monoisotopic (exact) mass is 401 g/mol. The molecule has 1 heterocycles. The molecule has 1 aliphatic heterocycles. The Balaban J connectivity index is 0.00000192. The van der Waals surface area contributed by atoms with E-state index in [0.717, 1.165) is 23.0 Å². The first-order valence-electron chi connectivity index (χ1n) is 7.63. The van der Waals surface area contributed by atoms with Crippen LogP contribution in [0.5, 0.6) is 0 Å². The number of hydrogen-bond acceptors (Lipinski definition) is 3. The lowest BCUT2D eigenvalue weighted by Crippen LogP contribution is -2.49. The van der Waals surface area contributed by atoms with Crippen LogP contribution < -0.4 is 11.1 Å². The molecule has 2 amide bonds. The minimum atomic E-state index is -0.607. The van der Waals surface area contributed by atoms with E-state index in [1.807, 2.05) is 29.2 Å². The van der Waals surface area contributed by atoms with Crippen molar-refractivity contribution in [1.29, 1.82) is 0 Å². The van der Waals surface area contributed by atoms with Gasteiger partial charge in [0.05, 0.1) is 11.2 Å². The van der Waals surface area contributed by atoms with Gasteiger partial charge in [-0.15, -0.1) is 12.4 Å². The zero-order valence-electron chi connectivity index (χ0n) is 12.8. The van der Waals surface area contributed by atoms with Crippen LogP contribution in [-0.2, 0) is 9.59 Å². The highest BCUT2D eigenvalue weighted by molar-refractivity contribution is 9.10. The first kappa shape index (κ1) is 18.2. The summed E-state index contributed by atoms with van der Waals surface area (Å²) in [6.07, 6.45) is 2.96. The topological polar surface area (TPSA) is 75.4 Å². The van der Waals surface area contributed by atoms with Crippen molar-refractivity contribution in [1.82, 2.24) is 4.90 Å². The zero-order valence-corrected chi connectivity index (χ0v) is 15.2. The van der Waals surface area contributed by atoms with Gasteiger partial charge in [0.2, 0.25) is 11.8 Å². The van der Waals surface area contributed by atoms with Crippen LogP contribution in [0.4, 0.5) is 5.69 Å². The SMILES string of the molecule is Cl.NC1(C(=O)N2CCC(C(=O)Nc3ccccc3Br)CC2)CC1. The molecule has 0 spiro atoms. The predicted molar refractivity (Wildman–Crippen MR) is 95.5 cm³/mol. The third-order valence-electron chi connectivity index (χ3n) is 4.50. The van der Waals surface area contributed by atoms with Crippen molar-refractivity contribution in [3.05, 3.63) is 28.7 Å². The third-order valence-corrected chi connectivity index (χ3v) is 5.19. The highest BCUT2D eigenvalue weighted by Crippen LogP contribution is 2.35. The summed E-state index contributed by atoms with van der Waals surface area (Å²) in [7, 11) is 0. The average molecular weight is 403 g/mol. The van der Waals surface area contributed by atoms with Crippen LogP contribution in [0.2, 0.25) is 0 Å². The second-order valence-electron chi connectivity index (χ2n) is 6.19. The fourth-order valence-electron chi connectivity index (χ4n) is 2.81. The summed E-state index contributed by atoms with van der Waals surface area (Å²) in [6, 6.07) is 7.56. The van der Waals surface area contributed by atoms with Gasteiger partial charge in [-0.3, -0.25) is 9.59 Å². The van der Waals surface area contributed by atoms with Crippen LogP contribution in [0.25, 0.3) is 0 Å². The van der Waals surface area contributed by atoms with Crippen LogP contribution in [-0.4, -0.2) is 35.3 Å². The van der Waals surface area contributed by atoms with Crippen LogP contribution in [0, 0.1) is 5.92 Å². The molecule has 126 valence electrons. The van der Waals surface area contributed by atoms with Crippen LogP contribution >= 0.6 is 28.3 Å². The molecule has 0 aromatic heterocycles. The van der Waals surface area contributed by atoms with E-state index in [1.165, 1.54) is 0 Å². The summed E-state index contributed by atoms with van der Waals surface area (Å²) in [5.74, 6) is 0.0223. The Bertz CT molecular complexity index is 599. The number of nitrogens with two attached hydrogens (primary N) is 1. The molecule has 2 aliphatic rings. The highest BCUT2D eigenvalue weighted by atomic mass is 79.9. The summed E-state index contributed by atoms with van der Waals surface area (Å²) < 4.78 is 0.870. The maximum Gasteiger partial charge on any atom is 0.242 e. The number of carbonyl (C=O) groups is 2. The normalized spacial score (nSPS) is 19.7. The van der Waals surface area contributed by atoms with Crippen molar-refractivity contribution in [3.8, 4) is 0 Å². The molecule has 3 N–H and O–H groups in total. The highest BCUT2D eigenvalue weighted by Gasteiger charge is 2.48. The number of hydrogen-bond donors (Lipinski definition) is 2. The fourth-order valence-corrected chi connectivity index (χ4v) is 3.19. The van der Waals surface area contributed by atoms with Gasteiger partial charge in [0.25, 0.3) is 0 Å². The number of piperidine rings is 1. The molecule has 0 atom stereocenters. The van der Waals surface area contributed by atoms with Crippen molar-refractivity contribution in [3.63, 3.8) is 0 Å². The predicted octanol–water partition coefficient (Wildman–Crippen LogP) is 2.54. The molecule has 2 fully saturated rings. The summed E-state index contributed by atoms with van der Waals surface area (Å²) >= 11 is 3.42. The van der Waals surface area contributed by atoms with Gasteiger partial charge in [0, 0.05) is 23.5 Å². The largest absolute Gasteiger partial charge is 0.341 e. The summed E-state index contributed by atoms with van der Waals surface area (Å²) in [4.78, 5) is 26.3. The Morgan fingerprint density at radius 2 is 1.83 bits per heavy atom. The molecule has 1 aliphatic carbocycles. The molecule has 1 aromatic carbocycles. The smallest absolute Gasteiger partial charge is 0.242 e. The number of halogens is 2. The molecule has 0 bridgehead atoms. The molecular weight excluding hydrogens is 382 g/mol. The van der Waals surface area contributed by atoms with E-state index >= 15 is 0 Å². The number of rotatable bonds is 3. The zero-order chi connectivity index (χ0) is 15.7. The summed E-state index contributed by atoms with van der Waals surface area (Å²) in [5.41, 5.74) is 6.13. The van der Waals surface area contributed by atoms with E-state index in [0.29, 0.717) is 25.9 Å². The molecule has 3 rings (SSSR count). The Kier molecular flexibility index (Phi) is 5.70. The third kappa shape index (κ3) is 4.05. The number of amides is 2. The van der Waals surface area contributed by atoms with Crippen molar-refractivity contribution in [2.24, 2.45) is 11.7 Å². The van der Waals surface area contributed by atoms with Gasteiger partial charge in [-0.25, -0.2) is 0 Å². The Morgan fingerprint density at radius 1 is 1.22 bits per heavy atom. The fraction of sp³-hybridized carbons (Fsp3) is 0.500. The van der Waals surface area contributed by atoms with Gasteiger partial charge >= 0.3 is 0 Å². The van der Waals surface area contributed by atoms with Crippen molar-refractivity contribution < 1.29 is 9.59 Å². The Morgan fingerprint density at radius 3 is 2.39 bits per heavy atom. The van der Waals surface area contributed by atoms with E-state index < -0.39 is 5.54 Å². The number of likely N-dealkylation sites (tertiary alicyclic amines) is 1. The van der Waals surface area contributed by atoms with Crippen LogP contribution in [0.15, 0.2) is 28.7 Å². The lowest BCUT2D eigenvalue weighted by Gasteiger charge is -2.33. The number of nitrogens with one attached hydrogen (secondary N) is 1. The summed E-state index contributed by atoms with van der Waals surface area (Å²) in [5, 5.41) is 2.95. The maximum atomic E-state index is 12.3. The minimum Gasteiger partial charge on any atom is -0.341 e. The first-order valence-corrected chi connectivity index (χ1v) is 8.42. The lowest BCUT2D eigenvalue weighted by molar-refractivity contribution is -0.136. The molecule has 7 heteroatoms. The van der Waals surface area contributed by atoms with Gasteiger partial charge in [-0.05, 0) is 53.7 Å². The van der Waals surface area contributed by atoms with Gasteiger partial charge in [-0.1, -0.05) is 12.1 Å². The minimum absolute atomic E-state index is 0. The molecular formula is C16H21BrClN3O2. The molecule has 1 saturated carbocycles. The second kappa shape index (κ2) is 7.20. The van der Waals surface area contributed by atoms with E-state index in [-0.39, 0.29) is 30.1 Å². The van der Waals surface area contributed by atoms with Crippen LogP contribution in [0.3, 0.4) is 0 Å². The van der Waals surface area contributed by atoms with E-state index in [2.05, 4.69) is 21.2 Å². The van der Waals surface area contributed by atoms with Gasteiger partial charge < -0.3 is 16.0 Å². The van der Waals surface area contributed by atoms with E-state index in [9.17, 15) is 9.59 Å². The number of nitrogens with zero attached hydrogens (tertiary/aromatic N) is 1. The van der Waals surface area contributed by atoms with E-state index in [1.54, 1.807) is 0 Å². The Hall–Kier alpha value is -1.11. The van der Waals surface area contributed by atoms with Crippen LogP contribution in [0.1, 0.15) is 25.7 Å². The molecule has 0 unspecified atom stereocenters. The molecule has 1 aromatic rings. The van der Waals surface area contributed by atoms with Gasteiger partial charge in [-0.2, -0.15) is 0 Å². The number of carbonyl (C=O) groups excluding carboxylic acids is 2. The van der Waals surface area contributed by atoms with Crippen molar-refractivity contribution in [2.45, 2.75) is 31.2 Å². The van der Waals surface area contributed by atoms with Gasteiger partial charge in [0.15, 0.2) is 0 Å². The van der Waals surface area contributed by atoms with Gasteiger partial charge in [0.1, 0.15) is 0 Å². The molecule has 5 nitrogen and oxygen atoms in total. The maximum absolute atomic E-state index is 12.3. The second-order valence-corrected chi connectivity index (χ2v) is 7.05. The first-order chi connectivity index (χ1) is 10.5.